The molecule has 3 amide bonds. The first-order valence-electron chi connectivity index (χ1n) is 6.82. The molecule has 1 N–H and O–H groups in total. The zero-order chi connectivity index (χ0) is 14.3. The first-order valence-corrected chi connectivity index (χ1v) is 6.82. The maximum atomic E-state index is 12.2. The van der Waals surface area contributed by atoms with Gasteiger partial charge in [-0.2, -0.15) is 5.01 Å². The molecule has 1 aromatic rings. The zero-order valence-electron chi connectivity index (χ0n) is 11.2. The van der Waals surface area contributed by atoms with Crippen molar-refractivity contribution in [1.82, 2.24) is 10.4 Å². The first kappa shape index (κ1) is 12.9. The van der Waals surface area contributed by atoms with Gasteiger partial charge in [0.2, 0.25) is 0 Å². The Kier molecular flexibility index (Phi) is 3.08. The average molecular weight is 276 g/mol. The van der Waals surface area contributed by atoms with E-state index in [1.807, 2.05) is 0 Å². The van der Waals surface area contributed by atoms with Crippen molar-refractivity contribution >= 4 is 17.7 Å². The highest BCUT2D eigenvalue weighted by Gasteiger charge is 2.49. The van der Waals surface area contributed by atoms with Crippen LogP contribution in [0.4, 0.5) is 0 Å². The summed E-state index contributed by atoms with van der Waals surface area (Å²) in [6, 6.07) is 1.52. The van der Waals surface area contributed by atoms with E-state index < -0.39 is 5.91 Å². The monoisotopic (exact) mass is 276 g/mol. The second-order valence-electron chi connectivity index (χ2n) is 5.34. The third-order valence-corrected chi connectivity index (χ3v) is 4.16. The van der Waals surface area contributed by atoms with Gasteiger partial charge in [-0.25, -0.2) is 0 Å². The molecule has 1 aliphatic heterocycles. The summed E-state index contributed by atoms with van der Waals surface area (Å²) in [7, 11) is 0. The largest absolute Gasteiger partial charge is 0.469 e. The van der Waals surface area contributed by atoms with Gasteiger partial charge in [0.25, 0.3) is 17.7 Å². The van der Waals surface area contributed by atoms with Crippen LogP contribution in [0.1, 0.15) is 41.8 Å². The van der Waals surface area contributed by atoms with Crippen LogP contribution in [0.25, 0.3) is 0 Å². The van der Waals surface area contributed by atoms with E-state index in [0.717, 1.165) is 30.7 Å². The Morgan fingerprint density at radius 2 is 1.85 bits per heavy atom. The lowest BCUT2D eigenvalue weighted by atomic mass is 9.81. The lowest BCUT2D eigenvalue weighted by Crippen LogP contribution is -2.46. The van der Waals surface area contributed by atoms with Crippen molar-refractivity contribution in [1.29, 1.82) is 0 Å². The van der Waals surface area contributed by atoms with E-state index in [1.165, 1.54) is 12.3 Å². The fourth-order valence-electron chi connectivity index (χ4n) is 3.05. The van der Waals surface area contributed by atoms with Crippen LogP contribution in [0.3, 0.4) is 0 Å². The van der Waals surface area contributed by atoms with E-state index in [-0.39, 0.29) is 23.7 Å². The van der Waals surface area contributed by atoms with Crippen LogP contribution >= 0.6 is 0 Å². The molecule has 0 unspecified atom stereocenters. The van der Waals surface area contributed by atoms with E-state index >= 15 is 0 Å². The maximum Gasteiger partial charge on any atom is 0.273 e. The molecule has 0 radical (unpaired) electrons. The molecule has 1 saturated carbocycles. The van der Waals surface area contributed by atoms with Gasteiger partial charge in [-0.3, -0.25) is 19.8 Å². The van der Waals surface area contributed by atoms with Gasteiger partial charge in [0, 0.05) is 0 Å². The summed E-state index contributed by atoms with van der Waals surface area (Å²) < 4.78 is 5.05. The number of nitrogens with one attached hydrogen (secondary N) is 1. The molecular weight excluding hydrogens is 260 g/mol. The summed E-state index contributed by atoms with van der Waals surface area (Å²) >= 11 is 0. The van der Waals surface area contributed by atoms with Crippen LogP contribution in [-0.4, -0.2) is 22.7 Å². The fraction of sp³-hybridized carbons (Fsp3) is 0.500. The predicted octanol–water partition coefficient (Wildman–Crippen LogP) is 1.41. The van der Waals surface area contributed by atoms with Crippen molar-refractivity contribution in [2.24, 2.45) is 11.8 Å². The summed E-state index contributed by atoms with van der Waals surface area (Å²) in [5, 5.41) is 0.898. The Labute approximate surface area is 116 Å². The summed E-state index contributed by atoms with van der Waals surface area (Å²) in [6.07, 6.45) is 4.78. The van der Waals surface area contributed by atoms with Crippen molar-refractivity contribution in [2.45, 2.75) is 32.6 Å². The Morgan fingerprint density at radius 3 is 2.35 bits per heavy atom. The molecule has 3 rings (SSSR count). The summed E-state index contributed by atoms with van der Waals surface area (Å²) in [5.74, 6) is -1.12. The second kappa shape index (κ2) is 4.77. The van der Waals surface area contributed by atoms with Crippen molar-refractivity contribution in [3.63, 3.8) is 0 Å². The Balaban J connectivity index is 1.77. The minimum atomic E-state index is -0.489. The molecular formula is C14H16N2O4. The standard InChI is InChI=1S/C14H16N2O4/c1-8-9(6-7-20-8)12(17)15-16-13(18)10-4-2-3-5-11(10)14(16)19/h6-7,10-11H,2-5H2,1H3,(H,15,17)/t10-,11+. The van der Waals surface area contributed by atoms with Crippen molar-refractivity contribution < 1.29 is 18.8 Å². The number of hydrazine groups is 1. The molecule has 2 aliphatic rings. The van der Waals surface area contributed by atoms with E-state index in [1.54, 1.807) is 6.92 Å². The molecule has 1 saturated heterocycles. The normalized spacial score (nSPS) is 25.8. The van der Waals surface area contributed by atoms with Crippen LogP contribution in [0.5, 0.6) is 0 Å². The van der Waals surface area contributed by atoms with E-state index in [9.17, 15) is 14.4 Å². The van der Waals surface area contributed by atoms with Crippen molar-refractivity contribution in [3.8, 4) is 0 Å². The number of fused-ring (bicyclic) bond motifs is 1. The van der Waals surface area contributed by atoms with Crippen LogP contribution < -0.4 is 5.43 Å². The molecule has 106 valence electrons. The molecule has 1 aromatic heterocycles. The minimum Gasteiger partial charge on any atom is -0.469 e. The van der Waals surface area contributed by atoms with Gasteiger partial charge in [0.15, 0.2) is 0 Å². The molecule has 2 fully saturated rings. The van der Waals surface area contributed by atoms with E-state index in [2.05, 4.69) is 5.43 Å². The first-order chi connectivity index (χ1) is 9.59. The topological polar surface area (TPSA) is 79.6 Å². The molecule has 20 heavy (non-hydrogen) atoms. The Hall–Kier alpha value is -2.11. The Bertz CT molecular complexity index is 553. The van der Waals surface area contributed by atoms with Gasteiger partial charge in [-0.1, -0.05) is 12.8 Å². The molecule has 2 heterocycles. The highest BCUT2D eigenvalue weighted by molar-refractivity contribution is 6.07. The lowest BCUT2D eigenvalue weighted by Gasteiger charge is -2.19. The summed E-state index contributed by atoms with van der Waals surface area (Å²) in [5.41, 5.74) is 2.75. The third kappa shape index (κ3) is 1.92. The SMILES string of the molecule is Cc1occc1C(=O)NN1C(=O)[C@H]2CCCC[C@H]2C1=O. The number of imide groups is 1. The average Bonchev–Trinajstić information content (AvgIpc) is 2.97. The van der Waals surface area contributed by atoms with Crippen LogP contribution in [0.2, 0.25) is 0 Å². The number of amides is 3. The number of rotatable bonds is 2. The molecule has 1 aliphatic carbocycles. The lowest BCUT2D eigenvalue weighted by molar-refractivity contribution is -0.142. The number of furan rings is 1. The van der Waals surface area contributed by atoms with Gasteiger partial charge in [0.05, 0.1) is 23.7 Å². The number of aryl methyl sites for hydroxylation is 1. The van der Waals surface area contributed by atoms with E-state index in [4.69, 9.17) is 4.42 Å². The highest BCUT2D eigenvalue weighted by atomic mass is 16.3. The second-order valence-corrected chi connectivity index (χ2v) is 5.34. The molecule has 6 heteroatoms. The number of carbonyl (C=O) groups is 3. The van der Waals surface area contributed by atoms with Gasteiger partial charge in [0.1, 0.15) is 5.76 Å². The number of hydrogen-bond donors (Lipinski definition) is 1. The summed E-state index contributed by atoms with van der Waals surface area (Å²) in [6.45, 7) is 1.66. The smallest absolute Gasteiger partial charge is 0.273 e. The number of nitrogens with zero attached hydrogens (tertiary/aromatic N) is 1. The fourth-order valence-corrected chi connectivity index (χ4v) is 3.05. The van der Waals surface area contributed by atoms with Crippen LogP contribution in [0, 0.1) is 18.8 Å². The van der Waals surface area contributed by atoms with Crippen molar-refractivity contribution in [3.05, 3.63) is 23.7 Å². The minimum absolute atomic E-state index is 0.262. The molecule has 6 nitrogen and oxygen atoms in total. The Morgan fingerprint density at radius 1 is 1.25 bits per heavy atom. The van der Waals surface area contributed by atoms with Crippen LogP contribution in [0.15, 0.2) is 16.7 Å². The van der Waals surface area contributed by atoms with Gasteiger partial charge in [-0.05, 0) is 25.8 Å². The van der Waals surface area contributed by atoms with Crippen LogP contribution in [-0.2, 0) is 9.59 Å². The van der Waals surface area contributed by atoms with Gasteiger partial charge in [-0.15, -0.1) is 0 Å². The molecule has 2 atom stereocenters. The maximum absolute atomic E-state index is 12.2. The third-order valence-electron chi connectivity index (χ3n) is 4.16. The van der Waals surface area contributed by atoms with E-state index in [0.29, 0.717) is 11.3 Å². The summed E-state index contributed by atoms with van der Waals surface area (Å²) in [4.78, 5) is 36.5. The molecule has 0 spiro atoms. The molecule has 0 bridgehead atoms. The van der Waals surface area contributed by atoms with Gasteiger partial charge >= 0.3 is 0 Å². The zero-order valence-corrected chi connectivity index (χ0v) is 11.2. The quantitative estimate of drug-likeness (QED) is 0.828. The molecule has 0 aromatic carbocycles. The number of carbonyl (C=O) groups excluding carboxylic acids is 3. The van der Waals surface area contributed by atoms with Crippen molar-refractivity contribution in [2.75, 3.05) is 0 Å². The van der Waals surface area contributed by atoms with Gasteiger partial charge < -0.3 is 4.42 Å². The predicted molar refractivity (Wildman–Crippen MR) is 68.2 cm³/mol. The highest BCUT2D eigenvalue weighted by Crippen LogP contribution is 2.37. The number of hydrogen-bond acceptors (Lipinski definition) is 4.